The van der Waals surface area contributed by atoms with Gasteiger partial charge < -0.3 is 9.47 Å². The number of hydrogen-bond donors (Lipinski definition) is 0. The molecule has 1 aromatic carbocycles. The van der Waals surface area contributed by atoms with Crippen molar-refractivity contribution in [2.75, 3.05) is 7.11 Å². The number of ketones is 1. The van der Waals surface area contributed by atoms with Crippen LogP contribution in [0, 0.1) is 13.0 Å². The molecule has 0 atom stereocenters. The first-order valence-corrected chi connectivity index (χ1v) is 4.79. The van der Waals surface area contributed by atoms with Crippen LogP contribution in [0.1, 0.15) is 18.9 Å². The van der Waals surface area contributed by atoms with Crippen LogP contribution in [0.2, 0.25) is 0 Å². The number of Topliss-reactive ketones (excluding diaryl/α,β-unsaturated/α-hetero) is 1. The molecule has 17 heavy (non-hydrogen) atoms. The fourth-order valence-electron chi connectivity index (χ4n) is 1.20. The molecule has 0 fully saturated rings. The van der Waals surface area contributed by atoms with Gasteiger partial charge in [0.1, 0.15) is 12.2 Å². The van der Waals surface area contributed by atoms with Gasteiger partial charge in [-0.3, -0.25) is 9.59 Å². The van der Waals surface area contributed by atoms with Crippen LogP contribution in [0.15, 0.2) is 12.1 Å². The SMILES string of the molecule is COc1c[c-]c(OC(=O)CC(C)=O)cc1C.[Y+3]. The molecule has 0 radical (unpaired) electrons. The molecule has 1 rings (SSSR count). The predicted molar refractivity (Wildman–Crippen MR) is 57.5 cm³/mol. The second-order valence-electron chi connectivity index (χ2n) is 3.40. The zero-order valence-electron chi connectivity index (χ0n) is 10.1. The van der Waals surface area contributed by atoms with Crippen molar-refractivity contribution in [1.82, 2.24) is 0 Å². The second-order valence-corrected chi connectivity index (χ2v) is 3.40. The molecule has 0 saturated heterocycles. The molecule has 0 amide bonds. The molecule has 86 valence electrons. The van der Waals surface area contributed by atoms with Crippen molar-refractivity contribution >= 4 is 11.8 Å². The van der Waals surface area contributed by atoms with E-state index >= 15 is 0 Å². The Morgan fingerprint density at radius 1 is 1.41 bits per heavy atom. The predicted octanol–water partition coefficient (Wildman–Crippen LogP) is 1.69. The summed E-state index contributed by atoms with van der Waals surface area (Å²) in [6.45, 7) is 3.17. The van der Waals surface area contributed by atoms with E-state index < -0.39 is 5.97 Å². The van der Waals surface area contributed by atoms with E-state index in [-0.39, 0.29) is 44.9 Å². The Kier molecular flexibility index (Phi) is 7.24. The van der Waals surface area contributed by atoms with Gasteiger partial charge in [0, 0.05) is 11.5 Å². The van der Waals surface area contributed by atoms with Crippen LogP contribution >= 0.6 is 0 Å². The van der Waals surface area contributed by atoms with E-state index in [0.717, 1.165) is 5.56 Å². The first-order chi connectivity index (χ1) is 7.52. The molecule has 1 aromatic rings. The van der Waals surface area contributed by atoms with E-state index in [4.69, 9.17) is 9.47 Å². The first kappa shape index (κ1) is 16.3. The topological polar surface area (TPSA) is 52.6 Å². The molecular weight excluding hydrogens is 297 g/mol. The Morgan fingerprint density at radius 3 is 2.53 bits per heavy atom. The number of rotatable bonds is 4. The van der Waals surface area contributed by atoms with Gasteiger partial charge in [-0.2, -0.15) is 0 Å². The Morgan fingerprint density at radius 2 is 2.06 bits per heavy atom. The molecule has 0 aromatic heterocycles. The summed E-state index contributed by atoms with van der Waals surface area (Å²) in [5, 5.41) is 0. The molecule has 0 unspecified atom stereocenters. The van der Waals surface area contributed by atoms with Gasteiger partial charge in [0.25, 0.3) is 0 Å². The summed E-state index contributed by atoms with van der Waals surface area (Å²) in [5.41, 5.74) is 0.840. The number of carbonyl (C=O) groups excluding carboxylic acids is 2. The van der Waals surface area contributed by atoms with Gasteiger partial charge in [-0.05, 0) is 6.92 Å². The third-order valence-electron chi connectivity index (χ3n) is 1.92. The van der Waals surface area contributed by atoms with E-state index in [1.807, 2.05) is 6.92 Å². The molecule has 0 aliphatic rings. The Balaban J connectivity index is 0.00000256. The van der Waals surface area contributed by atoms with Gasteiger partial charge in [0.2, 0.25) is 0 Å². The van der Waals surface area contributed by atoms with Crippen molar-refractivity contribution in [3.05, 3.63) is 23.8 Å². The number of methoxy groups -OCH3 is 1. The van der Waals surface area contributed by atoms with E-state index in [1.54, 1.807) is 19.2 Å². The minimum absolute atomic E-state index is 0. The average Bonchev–Trinajstić information content (AvgIpc) is 2.16. The van der Waals surface area contributed by atoms with E-state index in [1.165, 1.54) is 6.92 Å². The second kappa shape index (κ2) is 7.56. The van der Waals surface area contributed by atoms with Crippen LogP contribution in [0.5, 0.6) is 11.5 Å². The minimum atomic E-state index is -0.576. The maximum atomic E-state index is 11.2. The molecule has 0 heterocycles. The van der Waals surface area contributed by atoms with Gasteiger partial charge in [0.05, 0.1) is 7.11 Å². The van der Waals surface area contributed by atoms with E-state index in [0.29, 0.717) is 11.5 Å². The van der Waals surface area contributed by atoms with E-state index in [9.17, 15) is 9.59 Å². The molecule has 0 spiro atoms. The summed E-state index contributed by atoms with van der Waals surface area (Å²) >= 11 is 0. The number of aryl methyl sites for hydroxylation is 1. The van der Waals surface area contributed by atoms with Crippen LogP contribution in [0.3, 0.4) is 0 Å². The number of hydrogen-bond acceptors (Lipinski definition) is 4. The van der Waals surface area contributed by atoms with Crippen LogP contribution < -0.4 is 9.47 Å². The van der Waals surface area contributed by atoms with Crippen LogP contribution in [0.4, 0.5) is 0 Å². The number of carbonyl (C=O) groups is 2. The fourth-order valence-corrected chi connectivity index (χ4v) is 1.20. The average molecular weight is 310 g/mol. The maximum absolute atomic E-state index is 11.2. The standard InChI is InChI=1S/C12H13O4.Y/c1-8-6-10(4-5-11(8)15-3)16-12(14)7-9(2)13;/h5-6H,7H2,1-3H3;/q-1;+3. The third kappa shape index (κ3) is 5.42. The summed E-state index contributed by atoms with van der Waals surface area (Å²) in [4.78, 5) is 21.9. The first-order valence-electron chi connectivity index (χ1n) is 4.79. The van der Waals surface area contributed by atoms with Crippen LogP contribution in [-0.2, 0) is 42.3 Å². The smallest absolute Gasteiger partial charge is 0.554 e. The molecule has 0 aliphatic carbocycles. The summed E-state index contributed by atoms with van der Waals surface area (Å²) in [7, 11) is 1.55. The minimum Gasteiger partial charge on any atom is -0.554 e. The third-order valence-corrected chi connectivity index (χ3v) is 1.92. The van der Waals surface area contributed by atoms with Gasteiger partial charge in [-0.25, -0.2) is 0 Å². The summed E-state index contributed by atoms with van der Waals surface area (Å²) in [6.07, 6.45) is -0.223. The zero-order valence-corrected chi connectivity index (χ0v) is 12.9. The number of benzene rings is 1. The zero-order chi connectivity index (χ0) is 12.1. The van der Waals surface area contributed by atoms with E-state index in [2.05, 4.69) is 6.07 Å². The molecule has 4 nitrogen and oxygen atoms in total. The summed E-state index contributed by atoms with van der Waals surface area (Å²) in [6, 6.07) is 5.98. The molecule has 0 aliphatic heterocycles. The van der Waals surface area contributed by atoms with Crippen molar-refractivity contribution in [2.45, 2.75) is 20.3 Å². The Hall–Kier alpha value is -0.736. The summed E-state index contributed by atoms with van der Waals surface area (Å²) < 4.78 is 9.98. The number of esters is 1. The maximum Gasteiger partial charge on any atom is 3.00 e. The summed E-state index contributed by atoms with van der Waals surface area (Å²) in [5.74, 6) is 0.166. The van der Waals surface area contributed by atoms with Gasteiger partial charge in [0.15, 0.2) is 0 Å². The molecule has 5 heteroatoms. The van der Waals surface area contributed by atoms with Crippen molar-refractivity contribution in [3.63, 3.8) is 0 Å². The Bertz CT molecular complexity index is 415. The normalized spacial score (nSPS) is 9.12. The van der Waals surface area contributed by atoms with Gasteiger partial charge >= 0.3 is 38.7 Å². The van der Waals surface area contributed by atoms with Crippen molar-refractivity contribution in [3.8, 4) is 11.5 Å². The van der Waals surface area contributed by atoms with Crippen LogP contribution in [0.25, 0.3) is 0 Å². The molecular formula is C12H13O4Y+2. The molecule has 0 saturated carbocycles. The molecule has 0 bridgehead atoms. The van der Waals surface area contributed by atoms with Crippen molar-refractivity contribution in [1.29, 1.82) is 0 Å². The monoisotopic (exact) mass is 310 g/mol. The Labute approximate surface area is 126 Å². The fraction of sp³-hybridized carbons (Fsp3) is 0.333. The molecule has 0 N–H and O–H groups in total. The van der Waals surface area contributed by atoms with Crippen molar-refractivity contribution in [2.24, 2.45) is 0 Å². The van der Waals surface area contributed by atoms with Crippen molar-refractivity contribution < 1.29 is 51.8 Å². The quantitative estimate of drug-likeness (QED) is 0.367. The largest absolute Gasteiger partial charge is 3.00 e. The number of ether oxygens (including phenoxy) is 2. The van der Waals surface area contributed by atoms with Gasteiger partial charge in [-0.15, -0.1) is 23.8 Å². The van der Waals surface area contributed by atoms with Crippen LogP contribution in [-0.4, -0.2) is 18.9 Å². The van der Waals surface area contributed by atoms with Gasteiger partial charge in [-0.1, -0.05) is 6.92 Å².